The van der Waals surface area contributed by atoms with E-state index in [2.05, 4.69) is 41.4 Å². The number of anilines is 1. The number of para-hydroxylation sites is 1. The Bertz CT molecular complexity index is 818. The summed E-state index contributed by atoms with van der Waals surface area (Å²) in [5.41, 5.74) is 3.26. The lowest BCUT2D eigenvalue weighted by molar-refractivity contribution is -0.116. The van der Waals surface area contributed by atoms with Gasteiger partial charge >= 0.3 is 0 Å². The van der Waals surface area contributed by atoms with Gasteiger partial charge in [0.2, 0.25) is 17.6 Å². The molecular formula is C19H21N3O2S. The molecule has 2 aromatic heterocycles. The predicted octanol–water partition coefficient (Wildman–Crippen LogP) is 4.49. The highest BCUT2D eigenvalue weighted by atomic mass is 32.1. The number of amides is 1. The van der Waals surface area contributed by atoms with E-state index in [4.69, 9.17) is 4.52 Å². The molecule has 0 bridgehead atoms. The summed E-state index contributed by atoms with van der Waals surface area (Å²) in [6.45, 7) is 4.18. The minimum atomic E-state index is -0.0357. The van der Waals surface area contributed by atoms with Gasteiger partial charge in [-0.05, 0) is 35.4 Å². The molecule has 0 spiro atoms. The summed E-state index contributed by atoms with van der Waals surface area (Å²) in [5.74, 6) is 1.03. The topological polar surface area (TPSA) is 68.0 Å². The number of carbonyl (C=O) groups excluding carboxylic acids is 1. The molecule has 3 rings (SSSR count). The minimum Gasteiger partial charge on any atom is -0.339 e. The Morgan fingerprint density at radius 1 is 1.16 bits per heavy atom. The number of thiophene rings is 1. The fraction of sp³-hybridized carbons (Fsp3) is 0.316. The molecule has 1 amide bonds. The SMILES string of the molecule is CCc1cccc(CC)c1NC(=O)CCc1nc(-c2cccs2)no1. The number of nitrogens with zero attached hydrogens (tertiary/aromatic N) is 2. The number of carbonyl (C=O) groups is 1. The number of nitrogens with one attached hydrogen (secondary N) is 1. The molecule has 0 aliphatic rings. The van der Waals surface area contributed by atoms with Crippen molar-refractivity contribution in [1.82, 2.24) is 10.1 Å². The van der Waals surface area contributed by atoms with Gasteiger partial charge < -0.3 is 9.84 Å². The number of hydrogen-bond donors (Lipinski definition) is 1. The van der Waals surface area contributed by atoms with Crippen LogP contribution in [-0.4, -0.2) is 16.0 Å². The van der Waals surface area contributed by atoms with Crippen molar-refractivity contribution in [2.45, 2.75) is 39.5 Å². The van der Waals surface area contributed by atoms with Crippen LogP contribution in [0.1, 0.15) is 37.3 Å². The summed E-state index contributed by atoms with van der Waals surface area (Å²) in [6, 6.07) is 10.0. The lowest BCUT2D eigenvalue weighted by Gasteiger charge is -2.14. The first-order chi connectivity index (χ1) is 12.2. The van der Waals surface area contributed by atoms with Crippen molar-refractivity contribution in [3.63, 3.8) is 0 Å². The van der Waals surface area contributed by atoms with Gasteiger partial charge in [0.1, 0.15) is 0 Å². The molecule has 6 heteroatoms. The first kappa shape index (κ1) is 17.4. The van der Waals surface area contributed by atoms with Gasteiger partial charge in [-0.1, -0.05) is 43.3 Å². The fourth-order valence-electron chi connectivity index (χ4n) is 2.69. The third-order valence-corrected chi connectivity index (χ3v) is 4.90. The van der Waals surface area contributed by atoms with E-state index in [-0.39, 0.29) is 5.91 Å². The Morgan fingerprint density at radius 3 is 2.56 bits per heavy atom. The minimum absolute atomic E-state index is 0.0357. The summed E-state index contributed by atoms with van der Waals surface area (Å²) >= 11 is 1.56. The Hall–Kier alpha value is -2.47. The van der Waals surface area contributed by atoms with Crippen LogP contribution in [0.4, 0.5) is 5.69 Å². The normalized spacial score (nSPS) is 10.8. The fourth-order valence-corrected chi connectivity index (χ4v) is 3.34. The van der Waals surface area contributed by atoms with Crippen LogP contribution < -0.4 is 5.32 Å². The second-order valence-electron chi connectivity index (χ2n) is 5.70. The van der Waals surface area contributed by atoms with Gasteiger partial charge in [0.05, 0.1) is 4.88 Å². The second kappa shape index (κ2) is 8.07. The molecule has 3 aromatic rings. The second-order valence-corrected chi connectivity index (χ2v) is 6.64. The summed E-state index contributed by atoms with van der Waals surface area (Å²) in [6.07, 6.45) is 2.52. The van der Waals surface area contributed by atoms with Gasteiger partial charge in [-0.2, -0.15) is 4.98 Å². The van der Waals surface area contributed by atoms with Crippen LogP contribution >= 0.6 is 11.3 Å². The van der Waals surface area contributed by atoms with Crippen LogP contribution in [0.5, 0.6) is 0 Å². The van der Waals surface area contributed by atoms with Crippen molar-refractivity contribution < 1.29 is 9.32 Å². The highest BCUT2D eigenvalue weighted by Crippen LogP contribution is 2.24. The predicted molar refractivity (Wildman–Crippen MR) is 99.8 cm³/mol. The van der Waals surface area contributed by atoms with Crippen molar-refractivity contribution in [3.8, 4) is 10.7 Å². The number of aromatic nitrogens is 2. The molecule has 0 unspecified atom stereocenters. The molecule has 25 heavy (non-hydrogen) atoms. The molecule has 0 atom stereocenters. The largest absolute Gasteiger partial charge is 0.339 e. The van der Waals surface area contributed by atoms with Gasteiger partial charge in [-0.3, -0.25) is 4.79 Å². The molecule has 5 nitrogen and oxygen atoms in total. The van der Waals surface area contributed by atoms with E-state index in [1.54, 1.807) is 11.3 Å². The molecule has 1 N–H and O–H groups in total. The van der Waals surface area contributed by atoms with Crippen LogP contribution in [0.3, 0.4) is 0 Å². The van der Waals surface area contributed by atoms with Crippen molar-refractivity contribution in [1.29, 1.82) is 0 Å². The Kier molecular flexibility index (Phi) is 5.60. The van der Waals surface area contributed by atoms with Crippen molar-refractivity contribution in [3.05, 3.63) is 52.7 Å². The van der Waals surface area contributed by atoms with Crippen LogP contribution in [0.15, 0.2) is 40.2 Å². The third kappa shape index (κ3) is 4.14. The maximum atomic E-state index is 12.4. The van der Waals surface area contributed by atoms with E-state index in [0.717, 1.165) is 34.5 Å². The lowest BCUT2D eigenvalue weighted by Crippen LogP contribution is -2.15. The van der Waals surface area contributed by atoms with Crippen LogP contribution in [0, 0.1) is 0 Å². The lowest BCUT2D eigenvalue weighted by atomic mass is 10.0. The summed E-state index contributed by atoms with van der Waals surface area (Å²) in [5, 5.41) is 8.99. The number of aryl methyl sites for hydroxylation is 3. The highest BCUT2D eigenvalue weighted by Gasteiger charge is 2.13. The van der Waals surface area contributed by atoms with Gasteiger partial charge in [0, 0.05) is 18.5 Å². The molecule has 0 fully saturated rings. The maximum Gasteiger partial charge on any atom is 0.227 e. The summed E-state index contributed by atoms with van der Waals surface area (Å²) in [4.78, 5) is 17.7. The molecule has 0 saturated heterocycles. The quantitative estimate of drug-likeness (QED) is 0.678. The summed E-state index contributed by atoms with van der Waals surface area (Å²) in [7, 11) is 0. The van der Waals surface area contributed by atoms with E-state index < -0.39 is 0 Å². The molecule has 130 valence electrons. The molecule has 1 aromatic carbocycles. The van der Waals surface area contributed by atoms with E-state index in [0.29, 0.717) is 24.6 Å². The van der Waals surface area contributed by atoms with E-state index in [1.807, 2.05) is 23.6 Å². The van der Waals surface area contributed by atoms with Crippen LogP contribution in [0.2, 0.25) is 0 Å². The Morgan fingerprint density at radius 2 is 1.92 bits per heavy atom. The first-order valence-electron chi connectivity index (χ1n) is 8.48. The average Bonchev–Trinajstić information content (AvgIpc) is 3.31. The molecule has 0 aliphatic carbocycles. The monoisotopic (exact) mass is 355 g/mol. The van der Waals surface area contributed by atoms with Gasteiger partial charge in [0.25, 0.3) is 0 Å². The Balaban J connectivity index is 1.62. The average molecular weight is 355 g/mol. The van der Waals surface area contributed by atoms with Crippen molar-refractivity contribution >= 4 is 22.9 Å². The van der Waals surface area contributed by atoms with Gasteiger partial charge in [-0.25, -0.2) is 0 Å². The van der Waals surface area contributed by atoms with Crippen LogP contribution in [0.25, 0.3) is 10.7 Å². The van der Waals surface area contributed by atoms with E-state index in [9.17, 15) is 4.79 Å². The summed E-state index contributed by atoms with van der Waals surface area (Å²) < 4.78 is 5.24. The zero-order chi connectivity index (χ0) is 17.6. The van der Waals surface area contributed by atoms with E-state index in [1.165, 1.54) is 0 Å². The number of benzene rings is 1. The van der Waals surface area contributed by atoms with E-state index >= 15 is 0 Å². The maximum absolute atomic E-state index is 12.4. The molecular weight excluding hydrogens is 334 g/mol. The van der Waals surface area contributed by atoms with Gasteiger partial charge in [0.15, 0.2) is 0 Å². The molecule has 0 aliphatic heterocycles. The van der Waals surface area contributed by atoms with Crippen molar-refractivity contribution in [2.24, 2.45) is 0 Å². The first-order valence-corrected chi connectivity index (χ1v) is 9.36. The molecule has 0 saturated carbocycles. The van der Waals surface area contributed by atoms with Crippen LogP contribution in [-0.2, 0) is 24.1 Å². The van der Waals surface area contributed by atoms with Gasteiger partial charge in [-0.15, -0.1) is 11.3 Å². The molecule has 2 heterocycles. The molecule has 0 radical (unpaired) electrons. The standard InChI is InChI=1S/C19H21N3O2S/c1-3-13-7-5-8-14(4-2)18(13)20-16(23)10-11-17-21-19(22-24-17)15-9-6-12-25-15/h5-9,12H,3-4,10-11H2,1-2H3,(H,20,23). The smallest absolute Gasteiger partial charge is 0.227 e. The Labute approximate surface area is 151 Å². The van der Waals surface area contributed by atoms with Crippen molar-refractivity contribution in [2.75, 3.05) is 5.32 Å². The highest BCUT2D eigenvalue weighted by molar-refractivity contribution is 7.13. The zero-order valence-corrected chi connectivity index (χ0v) is 15.2. The zero-order valence-electron chi connectivity index (χ0n) is 14.4. The number of rotatable bonds is 7. The third-order valence-electron chi connectivity index (χ3n) is 4.04. The number of hydrogen-bond acceptors (Lipinski definition) is 5.